The van der Waals surface area contributed by atoms with Crippen molar-refractivity contribution in [3.63, 3.8) is 0 Å². The average Bonchev–Trinajstić information content (AvgIpc) is 3.49. The molecule has 0 atom stereocenters. The highest BCUT2D eigenvalue weighted by molar-refractivity contribution is 8.18. The molecule has 1 N–H and O–H groups in total. The quantitative estimate of drug-likeness (QED) is 0.266. The molecule has 1 saturated heterocycles. The molecule has 0 saturated carbocycles. The number of phenols is 1. The molecule has 1 aliphatic rings. The monoisotopic (exact) mass is 489 g/mol. The van der Waals surface area contributed by atoms with E-state index in [1.165, 1.54) is 30.9 Å². The van der Waals surface area contributed by atoms with Gasteiger partial charge in [-0.1, -0.05) is 36.4 Å². The Kier molecular flexibility index (Phi) is 7.69. The normalized spacial score (nSPS) is 16.3. The second-order valence-corrected chi connectivity index (χ2v) is 8.28. The van der Waals surface area contributed by atoms with Crippen molar-refractivity contribution >= 4 is 41.2 Å². The summed E-state index contributed by atoms with van der Waals surface area (Å²) < 4.78 is 15.9. The Morgan fingerprint density at radius 2 is 1.80 bits per heavy atom. The van der Waals surface area contributed by atoms with Gasteiger partial charge < -0.3 is 19.0 Å². The molecule has 1 amide bonds. The van der Waals surface area contributed by atoms with Crippen LogP contribution < -0.4 is 9.47 Å². The Hall–Kier alpha value is -4.24. The van der Waals surface area contributed by atoms with Crippen LogP contribution in [-0.4, -0.2) is 41.5 Å². The number of carbonyl (C=O) groups is 1. The van der Waals surface area contributed by atoms with Crippen LogP contribution in [0.5, 0.6) is 17.2 Å². The fraction of sp³-hybridized carbons (Fsp3) is 0.115. The first-order chi connectivity index (χ1) is 17.1. The van der Waals surface area contributed by atoms with Gasteiger partial charge in [-0.2, -0.15) is 5.10 Å². The molecule has 0 radical (unpaired) electrons. The zero-order valence-corrected chi connectivity index (χ0v) is 19.9. The highest BCUT2D eigenvalue weighted by Crippen LogP contribution is 2.39. The van der Waals surface area contributed by atoms with Gasteiger partial charge in [0.05, 0.1) is 31.9 Å². The van der Waals surface area contributed by atoms with E-state index in [0.717, 1.165) is 5.56 Å². The van der Waals surface area contributed by atoms with E-state index in [9.17, 15) is 9.90 Å². The van der Waals surface area contributed by atoms with Crippen LogP contribution in [0.25, 0.3) is 12.2 Å². The molecule has 178 valence electrons. The lowest BCUT2D eigenvalue weighted by Crippen LogP contribution is -2.28. The van der Waals surface area contributed by atoms with E-state index < -0.39 is 0 Å². The van der Waals surface area contributed by atoms with Crippen LogP contribution in [0.4, 0.5) is 0 Å². The third kappa shape index (κ3) is 5.82. The summed E-state index contributed by atoms with van der Waals surface area (Å²) in [6.45, 7) is 0.215. The van der Waals surface area contributed by atoms with Crippen molar-refractivity contribution in [2.75, 3.05) is 14.2 Å². The molecule has 0 aliphatic carbocycles. The number of aromatic hydroxyl groups is 1. The number of amidine groups is 1. The zero-order valence-electron chi connectivity index (χ0n) is 19.1. The first-order valence-corrected chi connectivity index (χ1v) is 11.4. The summed E-state index contributed by atoms with van der Waals surface area (Å²) >= 11 is 1.19. The fourth-order valence-corrected chi connectivity index (χ4v) is 4.20. The van der Waals surface area contributed by atoms with Gasteiger partial charge in [-0.25, -0.2) is 0 Å². The molecular weight excluding hydrogens is 466 g/mol. The number of hydrogen-bond donors (Lipinski definition) is 1. The SMILES string of the molecule is COc1cc(/C=C2\S\C(=N/N=C/C=C/c3ccccc3)N(Cc3ccco3)C2=O)cc(OC)c1O. The highest BCUT2D eigenvalue weighted by Gasteiger charge is 2.34. The van der Waals surface area contributed by atoms with Gasteiger partial charge in [0.25, 0.3) is 5.91 Å². The van der Waals surface area contributed by atoms with Crippen molar-refractivity contribution in [3.05, 3.63) is 88.7 Å². The number of nitrogens with zero attached hydrogens (tertiary/aromatic N) is 3. The Bertz CT molecular complexity index is 1270. The number of methoxy groups -OCH3 is 2. The second-order valence-electron chi connectivity index (χ2n) is 7.27. The number of amides is 1. The summed E-state index contributed by atoms with van der Waals surface area (Å²) in [7, 11) is 2.89. The Labute approximate surface area is 206 Å². The van der Waals surface area contributed by atoms with Gasteiger partial charge in [0.1, 0.15) is 5.76 Å². The Balaban J connectivity index is 1.60. The van der Waals surface area contributed by atoms with E-state index in [1.807, 2.05) is 36.4 Å². The van der Waals surface area contributed by atoms with E-state index in [1.54, 1.807) is 48.9 Å². The molecule has 1 aromatic heterocycles. The highest BCUT2D eigenvalue weighted by atomic mass is 32.2. The maximum absolute atomic E-state index is 13.2. The third-order valence-electron chi connectivity index (χ3n) is 4.97. The molecule has 3 aromatic rings. The van der Waals surface area contributed by atoms with E-state index >= 15 is 0 Å². The van der Waals surface area contributed by atoms with Gasteiger partial charge in [-0.3, -0.25) is 9.69 Å². The number of allylic oxidation sites excluding steroid dienone is 1. The standard InChI is InChI=1S/C26H23N3O5S/c1-32-21-14-19(15-22(33-2)24(21)30)16-23-25(31)29(17-20-11-7-13-34-20)26(35-23)28-27-12-6-10-18-8-4-3-5-9-18/h3-16,30H,17H2,1-2H3/b10-6+,23-16-,27-12+,28-26-. The number of phenolic OH excluding ortho intramolecular Hbond substituents is 1. The summed E-state index contributed by atoms with van der Waals surface area (Å²) in [5.41, 5.74) is 1.67. The number of furan rings is 1. The van der Waals surface area contributed by atoms with Crippen LogP contribution in [0.3, 0.4) is 0 Å². The van der Waals surface area contributed by atoms with Crippen molar-refractivity contribution in [1.29, 1.82) is 0 Å². The van der Waals surface area contributed by atoms with Gasteiger partial charge in [0.15, 0.2) is 16.7 Å². The predicted molar refractivity (Wildman–Crippen MR) is 137 cm³/mol. The zero-order chi connectivity index (χ0) is 24.6. The van der Waals surface area contributed by atoms with Gasteiger partial charge in [-0.15, -0.1) is 5.10 Å². The van der Waals surface area contributed by atoms with Gasteiger partial charge in [-0.05, 0) is 59.3 Å². The molecule has 35 heavy (non-hydrogen) atoms. The van der Waals surface area contributed by atoms with E-state index in [4.69, 9.17) is 13.9 Å². The molecule has 9 heteroatoms. The maximum Gasteiger partial charge on any atom is 0.267 e. The lowest BCUT2D eigenvalue weighted by molar-refractivity contribution is -0.122. The first-order valence-electron chi connectivity index (χ1n) is 10.6. The molecule has 8 nitrogen and oxygen atoms in total. The molecule has 0 unspecified atom stereocenters. The molecule has 2 heterocycles. The predicted octanol–water partition coefficient (Wildman–Crippen LogP) is 5.17. The number of rotatable bonds is 8. The molecule has 2 aromatic carbocycles. The summed E-state index contributed by atoms with van der Waals surface area (Å²) in [5.74, 6) is 0.743. The van der Waals surface area contributed by atoms with Gasteiger partial charge in [0.2, 0.25) is 5.75 Å². The molecule has 0 bridgehead atoms. The van der Waals surface area contributed by atoms with E-state index in [0.29, 0.717) is 21.4 Å². The Morgan fingerprint density at radius 1 is 1.06 bits per heavy atom. The summed E-state index contributed by atoms with van der Waals surface area (Å²) in [6, 6.07) is 16.6. The first kappa shape index (κ1) is 23.9. The maximum atomic E-state index is 13.2. The largest absolute Gasteiger partial charge is 0.502 e. The molecule has 4 rings (SSSR count). The van der Waals surface area contributed by atoms with Crippen LogP contribution in [0, 0.1) is 0 Å². The lowest BCUT2D eigenvalue weighted by Gasteiger charge is -2.12. The minimum absolute atomic E-state index is 0.109. The summed E-state index contributed by atoms with van der Waals surface area (Å²) in [5, 5.41) is 19.0. The fourth-order valence-electron chi connectivity index (χ4n) is 3.27. The topological polar surface area (TPSA) is 96.9 Å². The summed E-state index contributed by atoms with van der Waals surface area (Å²) in [6.07, 6.45) is 8.50. The van der Waals surface area contributed by atoms with Crippen LogP contribution in [-0.2, 0) is 11.3 Å². The van der Waals surface area contributed by atoms with E-state index in [-0.39, 0.29) is 29.7 Å². The van der Waals surface area contributed by atoms with Crippen LogP contribution in [0.15, 0.2) is 86.5 Å². The van der Waals surface area contributed by atoms with Crippen molar-refractivity contribution in [3.8, 4) is 17.2 Å². The van der Waals surface area contributed by atoms with Crippen molar-refractivity contribution in [2.24, 2.45) is 10.2 Å². The van der Waals surface area contributed by atoms with Crippen LogP contribution in [0.1, 0.15) is 16.9 Å². The molecule has 1 aliphatic heterocycles. The van der Waals surface area contributed by atoms with Crippen molar-refractivity contribution < 1.29 is 23.8 Å². The van der Waals surface area contributed by atoms with Gasteiger partial charge >= 0.3 is 0 Å². The number of benzene rings is 2. The molecule has 0 spiro atoms. The van der Waals surface area contributed by atoms with Gasteiger partial charge in [0, 0.05) is 6.21 Å². The molecular formula is C26H23N3O5S. The Morgan fingerprint density at radius 3 is 2.46 bits per heavy atom. The molecule has 1 fully saturated rings. The average molecular weight is 490 g/mol. The smallest absolute Gasteiger partial charge is 0.267 e. The van der Waals surface area contributed by atoms with Crippen LogP contribution >= 0.6 is 11.8 Å². The number of thioether (sulfide) groups is 1. The summed E-state index contributed by atoms with van der Waals surface area (Å²) in [4.78, 5) is 15.2. The third-order valence-corrected chi connectivity index (χ3v) is 5.96. The van der Waals surface area contributed by atoms with Crippen molar-refractivity contribution in [2.45, 2.75) is 6.54 Å². The number of ether oxygens (including phenoxy) is 2. The number of carbonyl (C=O) groups excluding carboxylic acids is 1. The van der Waals surface area contributed by atoms with Crippen LogP contribution in [0.2, 0.25) is 0 Å². The minimum atomic E-state index is -0.244. The minimum Gasteiger partial charge on any atom is -0.502 e. The van der Waals surface area contributed by atoms with E-state index in [2.05, 4.69) is 10.2 Å². The lowest BCUT2D eigenvalue weighted by atomic mass is 10.1. The van der Waals surface area contributed by atoms with Crippen molar-refractivity contribution in [1.82, 2.24) is 4.90 Å². The number of hydrogen-bond acceptors (Lipinski definition) is 8. The second kappa shape index (κ2) is 11.3.